The normalized spacial score (nSPS) is 27.9. The number of rotatable bonds is 4. The molecule has 0 amide bonds. The van der Waals surface area contributed by atoms with E-state index in [0.29, 0.717) is 23.2 Å². The van der Waals surface area contributed by atoms with Crippen LogP contribution in [-0.4, -0.2) is 24.7 Å². The molecule has 1 aliphatic rings. The number of aryl methyl sites for hydroxylation is 1. The van der Waals surface area contributed by atoms with E-state index in [1.54, 1.807) is 6.92 Å². The van der Waals surface area contributed by atoms with Crippen molar-refractivity contribution < 1.29 is 8.42 Å². The predicted molar refractivity (Wildman–Crippen MR) is 72.9 cm³/mol. The minimum absolute atomic E-state index is 0.0000699. The first-order valence-corrected chi connectivity index (χ1v) is 8.11. The summed E-state index contributed by atoms with van der Waals surface area (Å²) < 4.78 is 27.8. The Morgan fingerprint density at radius 1 is 1.42 bits per heavy atom. The average Bonchev–Trinajstić information content (AvgIpc) is 2.87. The number of hydrogen-bond acceptors (Lipinski definition) is 4. The molecule has 0 saturated heterocycles. The largest absolute Gasteiger partial charge is 0.325 e. The van der Waals surface area contributed by atoms with Crippen molar-refractivity contribution in [3.05, 3.63) is 11.4 Å². The number of nitrogens with two attached hydrogens (primary N) is 1. The molecule has 4 N–H and O–H groups in total. The van der Waals surface area contributed by atoms with E-state index in [4.69, 9.17) is 5.73 Å². The van der Waals surface area contributed by atoms with Crippen LogP contribution in [0.4, 0.5) is 0 Å². The van der Waals surface area contributed by atoms with Crippen LogP contribution in [0.5, 0.6) is 0 Å². The molecule has 0 radical (unpaired) electrons. The van der Waals surface area contributed by atoms with Gasteiger partial charge in [-0.15, -0.1) is 0 Å². The van der Waals surface area contributed by atoms with Crippen LogP contribution in [0.1, 0.15) is 38.1 Å². The van der Waals surface area contributed by atoms with Gasteiger partial charge in [0.2, 0.25) is 10.0 Å². The number of nitrogens with zero attached hydrogens (tertiary/aromatic N) is 1. The van der Waals surface area contributed by atoms with Crippen LogP contribution < -0.4 is 10.5 Å². The molecule has 2 rings (SSSR count). The molecule has 1 aliphatic carbocycles. The molecule has 6 nitrogen and oxygen atoms in total. The Labute approximate surface area is 114 Å². The molecule has 7 heteroatoms. The maximum Gasteiger partial charge on any atom is 0.244 e. The second-order valence-electron chi connectivity index (χ2n) is 5.47. The zero-order valence-corrected chi connectivity index (χ0v) is 12.4. The molecule has 19 heavy (non-hydrogen) atoms. The molecule has 1 aromatic rings. The van der Waals surface area contributed by atoms with Gasteiger partial charge in [-0.1, -0.05) is 13.8 Å². The first-order chi connectivity index (χ1) is 8.86. The first-order valence-electron chi connectivity index (χ1n) is 6.63. The summed E-state index contributed by atoms with van der Waals surface area (Å²) in [6, 6.07) is -0.0000699. The quantitative estimate of drug-likeness (QED) is 0.765. The summed E-state index contributed by atoms with van der Waals surface area (Å²) in [7, 11) is -3.55. The molecule has 1 fully saturated rings. The average molecular weight is 286 g/mol. The minimum atomic E-state index is -3.55. The van der Waals surface area contributed by atoms with Gasteiger partial charge in [0.05, 0.1) is 11.4 Å². The van der Waals surface area contributed by atoms with Gasteiger partial charge >= 0.3 is 0 Å². The van der Waals surface area contributed by atoms with Crippen molar-refractivity contribution in [2.45, 2.75) is 51.1 Å². The van der Waals surface area contributed by atoms with E-state index in [9.17, 15) is 8.42 Å². The zero-order valence-electron chi connectivity index (χ0n) is 11.6. The van der Waals surface area contributed by atoms with Crippen LogP contribution in [0.15, 0.2) is 4.90 Å². The fraction of sp³-hybridized carbons (Fsp3) is 0.750. The van der Waals surface area contributed by atoms with E-state index in [0.717, 1.165) is 12.8 Å². The molecule has 0 bridgehead atoms. The number of aromatic amines is 1. The highest BCUT2D eigenvalue weighted by atomic mass is 32.2. The summed E-state index contributed by atoms with van der Waals surface area (Å²) >= 11 is 0. The van der Waals surface area contributed by atoms with Gasteiger partial charge in [-0.05, 0) is 31.6 Å². The molecular weight excluding hydrogens is 264 g/mol. The summed E-state index contributed by atoms with van der Waals surface area (Å²) in [5, 5.41) is 6.63. The fourth-order valence-electron chi connectivity index (χ4n) is 2.75. The molecule has 1 aromatic heterocycles. The smallest absolute Gasteiger partial charge is 0.244 e. The van der Waals surface area contributed by atoms with Crippen molar-refractivity contribution in [1.82, 2.24) is 14.9 Å². The van der Waals surface area contributed by atoms with Crippen LogP contribution in [0.25, 0.3) is 0 Å². The summed E-state index contributed by atoms with van der Waals surface area (Å²) in [5.41, 5.74) is 6.47. The van der Waals surface area contributed by atoms with E-state index in [2.05, 4.69) is 28.8 Å². The Balaban J connectivity index is 2.26. The van der Waals surface area contributed by atoms with Crippen LogP contribution in [0, 0.1) is 18.8 Å². The Kier molecular flexibility index (Phi) is 3.98. The molecule has 0 aliphatic heterocycles. The third-order valence-electron chi connectivity index (χ3n) is 4.20. The van der Waals surface area contributed by atoms with Gasteiger partial charge in [0.1, 0.15) is 4.90 Å². The number of sulfonamides is 1. The van der Waals surface area contributed by atoms with Gasteiger partial charge in [-0.25, -0.2) is 13.1 Å². The first kappa shape index (κ1) is 14.5. The number of H-pyrrole nitrogens is 1. The lowest BCUT2D eigenvalue weighted by Gasteiger charge is -2.19. The van der Waals surface area contributed by atoms with Gasteiger partial charge in [0.25, 0.3) is 0 Å². The molecule has 1 saturated carbocycles. The summed E-state index contributed by atoms with van der Waals surface area (Å²) in [4.78, 5) is 0.210. The summed E-state index contributed by atoms with van der Waals surface area (Å²) in [6.45, 7) is 6.06. The van der Waals surface area contributed by atoms with Crippen molar-refractivity contribution in [3.8, 4) is 0 Å². The van der Waals surface area contributed by atoms with Crippen molar-refractivity contribution in [3.63, 3.8) is 0 Å². The summed E-state index contributed by atoms with van der Waals surface area (Å²) in [6.07, 6.45) is 1.94. The number of aromatic nitrogens is 2. The SMILES string of the molecule is Cc1[nH]nc(CN)c1S(=O)(=O)NC1CCC(C)C1C. The topological polar surface area (TPSA) is 101 Å². The summed E-state index contributed by atoms with van der Waals surface area (Å²) in [5.74, 6) is 0.899. The lowest BCUT2D eigenvalue weighted by Crippen LogP contribution is -2.37. The van der Waals surface area contributed by atoms with Crippen LogP contribution in [-0.2, 0) is 16.6 Å². The van der Waals surface area contributed by atoms with Gasteiger partial charge in [-0.2, -0.15) is 5.10 Å². The number of nitrogens with one attached hydrogen (secondary N) is 2. The molecular formula is C12H22N4O2S. The molecule has 108 valence electrons. The molecule has 0 aromatic carbocycles. The maximum atomic E-state index is 12.5. The Hall–Kier alpha value is -0.920. The van der Waals surface area contributed by atoms with Gasteiger partial charge < -0.3 is 5.73 Å². The minimum Gasteiger partial charge on any atom is -0.325 e. The molecule has 3 atom stereocenters. The lowest BCUT2D eigenvalue weighted by atomic mass is 9.98. The van der Waals surface area contributed by atoms with Crippen molar-refractivity contribution in [1.29, 1.82) is 0 Å². The fourth-order valence-corrected chi connectivity index (χ4v) is 4.49. The molecule has 1 heterocycles. The second-order valence-corrected chi connectivity index (χ2v) is 7.12. The molecule has 0 spiro atoms. The van der Waals surface area contributed by atoms with E-state index in [1.165, 1.54) is 0 Å². The van der Waals surface area contributed by atoms with Crippen molar-refractivity contribution in [2.75, 3.05) is 0 Å². The Morgan fingerprint density at radius 2 is 2.11 bits per heavy atom. The van der Waals surface area contributed by atoms with E-state index >= 15 is 0 Å². The third-order valence-corrected chi connectivity index (χ3v) is 5.89. The maximum absolute atomic E-state index is 12.5. The Morgan fingerprint density at radius 3 is 2.63 bits per heavy atom. The lowest BCUT2D eigenvalue weighted by molar-refractivity contribution is 0.402. The van der Waals surface area contributed by atoms with Crippen molar-refractivity contribution in [2.24, 2.45) is 17.6 Å². The van der Waals surface area contributed by atoms with Gasteiger partial charge in [0, 0.05) is 12.6 Å². The van der Waals surface area contributed by atoms with E-state index in [-0.39, 0.29) is 17.5 Å². The second kappa shape index (κ2) is 5.22. The molecule has 3 unspecified atom stereocenters. The predicted octanol–water partition coefficient (Wildman–Crippen LogP) is 0.890. The highest BCUT2D eigenvalue weighted by Crippen LogP contribution is 2.32. The zero-order chi connectivity index (χ0) is 14.2. The van der Waals surface area contributed by atoms with E-state index in [1.807, 2.05) is 0 Å². The Bertz CT molecular complexity index is 552. The third kappa shape index (κ3) is 2.68. The highest BCUT2D eigenvalue weighted by Gasteiger charge is 2.34. The van der Waals surface area contributed by atoms with Gasteiger partial charge in [0.15, 0.2) is 0 Å². The standard InChI is InChI=1S/C12H22N4O2S/c1-7-4-5-10(8(7)2)16-19(17,18)12-9(3)14-15-11(12)6-13/h7-8,10,16H,4-6,13H2,1-3H3,(H,14,15). The highest BCUT2D eigenvalue weighted by molar-refractivity contribution is 7.89. The number of hydrogen-bond donors (Lipinski definition) is 3. The van der Waals surface area contributed by atoms with Crippen molar-refractivity contribution >= 4 is 10.0 Å². The van der Waals surface area contributed by atoms with E-state index < -0.39 is 10.0 Å². The van der Waals surface area contributed by atoms with Gasteiger partial charge in [-0.3, -0.25) is 5.10 Å². The van der Waals surface area contributed by atoms with Crippen LogP contribution >= 0.6 is 0 Å². The van der Waals surface area contributed by atoms with Crippen LogP contribution in [0.2, 0.25) is 0 Å². The van der Waals surface area contributed by atoms with Crippen LogP contribution in [0.3, 0.4) is 0 Å². The monoisotopic (exact) mass is 286 g/mol.